The first kappa shape index (κ1) is 23.1. The molecule has 0 atom stereocenters. The molecule has 0 aliphatic rings. The zero-order chi connectivity index (χ0) is 25.1. The monoisotopic (exact) mass is 497 g/mol. The molecule has 0 spiro atoms. The summed E-state index contributed by atoms with van der Waals surface area (Å²) in [5.74, 6) is -0.0623. The first-order valence-electron chi connectivity index (χ1n) is 10.9. The van der Waals surface area contributed by atoms with Gasteiger partial charge in [0.1, 0.15) is 22.6 Å². The van der Waals surface area contributed by atoms with Crippen molar-refractivity contribution in [2.45, 2.75) is 9.79 Å². The van der Waals surface area contributed by atoms with Crippen molar-refractivity contribution in [1.82, 2.24) is 0 Å². The van der Waals surface area contributed by atoms with Gasteiger partial charge in [-0.3, -0.25) is 4.79 Å². The van der Waals surface area contributed by atoms with Crippen molar-refractivity contribution < 1.29 is 22.4 Å². The molecule has 0 fully saturated rings. The molecule has 1 amide bonds. The third-order valence-corrected chi connectivity index (χ3v) is 7.12. The summed E-state index contributed by atoms with van der Waals surface area (Å²) < 4.78 is 37.7. The molecule has 7 nitrogen and oxygen atoms in total. The molecule has 0 aliphatic carbocycles. The van der Waals surface area contributed by atoms with Gasteiger partial charge in [-0.2, -0.15) is 0 Å². The lowest BCUT2D eigenvalue weighted by molar-refractivity contribution is 0.102. The number of sulfone groups is 1. The van der Waals surface area contributed by atoms with Crippen LogP contribution in [0.2, 0.25) is 0 Å². The maximum absolute atomic E-state index is 13.3. The number of rotatable bonds is 6. The minimum Gasteiger partial charge on any atom is -0.457 e. The highest BCUT2D eigenvalue weighted by molar-refractivity contribution is 7.91. The summed E-state index contributed by atoms with van der Waals surface area (Å²) in [6.45, 7) is 0. The van der Waals surface area contributed by atoms with Crippen LogP contribution < -0.4 is 15.7 Å². The van der Waals surface area contributed by atoms with Crippen molar-refractivity contribution in [2.24, 2.45) is 0 Å². The molecule has 0 aliphatic heterocycles. The number of ether oxygens (including phenoxy) is 1. The van der Waals surface area contributed by atoms with E-state index in [-0.39, 0.29) is 26.8 Å². The van der Waals surface area contributed by atoms with Crippen LogP contribution in [0.1, 0.15) is 10.4 Å². The predicted molar refractivity (Wildman–Crippen MR) is 135 cm³/mol. The Balaban J connectivity index is 1.55. The van der Waals surface area contributed by atoms with Gasteiger partial charge < -0.3 is 14.5 Å². The van der Waals surface area contributed by atoms with Crippen molar-refractivity contribution in [3.63, 3.8) is 0 Å². The fraction of sp³-hybridized carbons (Fsp3) is 0. The number of hydrogen-bond donors (Lipinski definition) is 1. The van der Waals surface area contributed by atoms with Crippen molar-refractivity contribution >= 4 is 32.4 Å². The van der Waals surface area contributed by atoms with Crippen molar-refractivity contribution in [3.05, 3.63) is 125 Å². The summed E-state index contributed by atoms with van der Waals surface area (Å²) in [5, 5.41) is 3.19. The third kappa shape index (κ3) is 4.75. The molecule has 8 heteroatoms. The van der Waals surface area contributed by atoms with Gasteiger partial charge >= 0.3 is 5.63 Å². The molecule has 0 saturated heterocycles. The van der Waals surface area contributed by atoms with Gasteiger partial charge in [-0.1, -0.05) is 54.6 Å². The number of anilines is 1. The number of carbonyl (C=O) groups is 1. The first-order chi connectivity index (χ1) is 17.4. The second-order valence-corrected chi connectivity index (χ2v) is 9.81. The van der Waals surface area contributed by atoms with E-state index < -0.39 is 21.4 Å². The second kappa shape index (κ2) is 9.52. The largest absolute Gasteiger partial charge is 0.457 e. The Morgan fingerprint density at radius 3 is 2.14 bits per heavy atom. The Kier molecular flexibility index (Phi) is 6.10. The summed E-state index contributed by atoms with van der Waals surface area (Å²) in [6.07, 6.45) is 0. The summed E-state index contributed by atoms with van der Waals surface area (Å²) in [4.78, 5) is 25.5. The number of carbonyl (C=O) groups excluding carboxylic acids is 1. The van der Waals surface area contributed by atoms with E-state index in [2.05, 4.69) is 5.32 Å². The molecule has 0 saturated carbocycles. The van der Waals surface area contributed by atoms with Crippen LogP contribution in [0.5, 0.6) is 11.5 Å². The molecule has 0 unspecified atom stereocenters. The van der Waals surface area contributed by atoms with Gasteiger partial charge in [-0.15, -0.1) is 0 Å². The summed E-state index contributed by atoms with van der Waals surface area (Å²) >= 11 is 0. The zero-order valence-corrected chi connectivity index (χ0v) is 19.6. The molecule has 5 aromatic rings. The van der Waals surface area contributed by atoms with Crippen molar-refractivity contribution in [3.8, 4) is 11.5 Å². The Morgan fingerprint density at radius 2 is 1.39 bits per heavy atom. The number of para-hydroxylation sites is 2. The Hall–Kier alpha value is -4.69. The summed E-state index contributed by atoms with van der Waals surface area (Å²) in [7, 11) is -3.93. The lowest BCUT2D eigenvalue weighted by Crippen LogP contribution is -2.20. The number of amides is 1. The van der Waals surface area contributed by atoms with E-state index in [4.69, 9.17) is 9.15 Å². The van der Waals surface area contributed by atoms with E-state index in [9.17, 15) is 18.0 Å². The highest BCUT2D eigenvalue weighted by Crippen LogP contribution is 2.31. The lowest BCUT2D eigenvalue weighted by atomic mass is 10.1. The normalized spacial score (nSPS) is 11.2. The van der Waals surface area contributed by atoms with Gasteiger partial charge in [0.2, 0.25) is 9.84 Å². The van der Waals surface area contributed by atoms with Gasteiger partial charge in [0, 0.05) is 17.1 Å². The molecule has 1 aromatic heterocycles. The van der Waals surface area contributed by atoms with Crippen LogP contribution in [0, 0.1) is 0 Å². The Bertz CT molecular complexity index is 1730. The summed E-state index contributed by atoms with van der Waals surface area (Å²) in [6, 6.07) is 29.2. The molecule has 178 valence electrons. The van der Waals surface area contributed by atoms with E-state index in [1.54, 1.807) is 66.7 Å². The lowest BCUT2D eigenvalue weighted by Gasteiger charge is -2.13. The van der Waals surface area contributed by atoms with Crippen LogP contribution >= 0.6 is 0 Å². The predicted octanol–water partition coefficient (Wildman–Crippen LogP) is 5.67. The zero-order valence-electron chi connectivity index (χ0n) is 18.8. The molecule has 0 bridgehead atoms. The fourth-order valence-electron chi connectivity index (χ4n) is 3.64. The highest BCUT2D eigenvalue weighted by atomic mass is 32.2. The number of nitrogens with one attached hydrogen (secondary N) is 1. The van der Waals surface area contributed by atoms with E-state index in [0.29, 0.717) is 16.7 Å². The van der Waals surface area contributed by atoms with Crippen LogP contribution in [0.25, 0.3) is 11.0 Å². The SMILES string of the molecule is O=C(Nc1cc(Oc2ccccc2)cc(S(=O)(=O)c2ccccc2)c1)c1cc2ccccc2oc1=O. The fourth-order valence-corrected chi connectivity index (χ4v) is 4.98. The van der Waals surface area contributed by atoms with Crippen molar-refractivity contribution in [2.75, 3.05) is 5.32 Å². The van der Waals surface area contributed by atoms with E-state index in [1.807, 2.05) is 6.07 Å². The molecular weight excluding hydrogens is 478 g/mol. The summed E-state index contributed by atoms with van der Waals surface area (Å²) in [5.41, 5.74) is -0.528. The molecule has 4 aromatic carbocycles. The van der Waals surface area contributed by atoms with Crippen LogP contribution in [0.4, 0.5) is 5.69 Å². The van der Waals surface area contributed by atoms with Crippen LogP contribution in [-0.4, -0.2) is 14.3 Å². The van der Waals surface area contributed by atoms with E-state index in [1.165, 1.54) is 36.4 Å². The molecule has 0 radical (unpaired) electrons. The third-order valence-electron chi connectivity index (χ3n) is 5.37. The quantitative estimate of drug-likeness (QED) is 0.303. The number of fused-ring (bicyclic) bond motifs is 1. The molecule has 36 heavy (non-hydrogen) atoms. The van der Waals surface area contributed by atoms with Crippen molar-refractivity contribution in [1.29, 1.82) is 0 Å². The average Bonchev–Trinajstić information content (AvgIpc) is 2.89. The van der Waals surface area contributed by atoms with Gasteiger partial charge in [0.05, 0.1) is 9.79 Å². The maximum Gasteiger partial charge on any atom is 0.349 e. The topological polar surface area (TPSA) is 103 Å². The minimum atomic E-state index is -3.93. The smallest absolute Gasteiger partial charge is 0.349 e. The van der Waals surface area contributed by atoms with Crippen LogP contribution in [0.3, 0.4) is 0 Å². The minimum absolute atomic E-state index is 0.0806. The maximum atomic E-state index is 13.3. The Morgan fingerprint density at radius 1 is 0.722 bits per heavy atom. The molecular formula is C28H19NO6S. The molecule has 1 N–H and O–H groups in total. The van der Waals surface area contributed by atoms with Crippen LogP contribution in [0.15, 0.2) is 128 Å². The van der Waals surface area contributed by atoms with E-state index in [0.717, 1.165) is 0 Å². The highest BCUT2D eigenvalue weighted by Gasteiger charge is 2.21. The van der Waals surface area contributed by atoms with Gasteiger partial charge in [0.15, 0.2) is 0 Å². The van der Waals surface area contributed by atoms with Gasteiger partial charge in [0.25, 0.3) is 5.91 Å². The Labute approximate surface area is 206 Å². The molecule has 5 rings (SSSR count). The first-order valence-corrected chi connectivity index (χ1v) is 12.4. The van der Waals surface area contributed by atoms with E-state index >= 15 is 0 Å². The average molecular weight is 498 g/mol. The van der Waals surface area contributed by atoms with Gasteiger partial charge in [-0.05, 0) is 48.5 Å². The van der Waals surface area contributed by atoms with Gasteiger partial charge in [-0.25, -0.2) is 13.2 Å². The van der Waals surface area contributed by atoms with Crippen LogP contribution in [-0.2, 0) is 9.84 Å². The number of hydrogen-bond acceptors (Lipinski definition) is 6. The molecule has 1 heterocycles. The number of benzene rings is 4. The second-order valence-electron chi connectivity index (χ2n) is 7.86. The standard InChI is InChI=1S/C28H19NO6S/c30-27(25-15-19-9-7-8-14-26(19)35-28(25)31)29-20-16-22(34-21-10-3-1-4-11-21)18-24(17-20)36(32,33)23-12-5-2-6-13-23/h1-18H,(H,29,30).